The predicted octanol–water partition coefficient (Wildman–Crippen LogP) is 1.57. The van der Waals surface area contributed by atoms with Crippen molar-refractivity contribution in [3.05, 3.63) is 22.7 Å². The van der Waals surface area contributed by atoms with Crippen LogP contribution in [0.1, 0.15) is 33.1 Å². The van der Waals surface area contributed by atoms with Crippen molar-refractivity contribution in [2.45, 2.75) is 39.7 Å². The van der Waals surface area contributed by atoms with Crippen LogP contribution in [0.2, 0.25) is 0 Å². The van der Waals surface area contributed by atoms with Gasteiger partial charge in [-0.15, -0.1) is 0 Å². The van der Waals surface area contributed by atoms with Gasteiger partial charge in [-0.3, -0.25) is 9.59 Å². The topological polar surface area (TPSA) is 84.2 Å². The minimum atomic E-state index is -0.796. The lowest BCUT2D eigenvalue weighted by molar-refractivity contribution is -0.137. The summed E-state index contributed by atoms with van der Waals surface area (Å²) in [5, 5.41) is 11.6. The molecule has 0 aliphatic heterocycles. The van der Waals surface area contributed by atoms with Crippen molar-refractivity contribution in [2.24, 2.45) is 5.92 Å². The zero-order chi connectivity index (χ0) is 14.3. The van der Waals surface area contributed by atoms with Crippen molar-refractivity contribution >= 4 is 11.8 Å². The van der Waals surface area contributed by atoms with Gasteiger partial charge in [0.15, 0.2) is 5.82 Å². The number of anilines is 1. The van der Waals surface area contributed by atoms with E-state index in [1.54, 1.807) is 17.0 Å². The number of carboxylic acid groups (broad SMARTS) is 1. The van der Waals surface area contributed by atoms with Crippen molar-refractivity contribution in [1.29, 1.82) is 0 Å². The molecule has 1 atom stereocenters. The lowest BCUT2D eigenvalue weighted by Crippen LogP contribution is -2.26. The minimum absolute atomic E-state index is 0.130. The Morgan fingerprint density at radius 2 is 2.32 bits per heavy atom. The Bertz CT molecular complexity index is 470. The zero-order valence-electron chi connectivity index (χ0n) is 11.4. The van der Waals surface area contributed by atoms with E-state index in [1.807, 2.05) is 13.8 Å². The number of aromatic nitrogens is 2. The lowest BCUT2D eigenvalue weighted by atomic mass is 10.1. The molecule has 0 aliphatic rings. The summed E-state index contributed by atoms with van der Waals surface area (Å²) in [7, 11) is 0. The van der Waals surface area contributed by atoms with Crippen LogP contribution in [0, 0.1) is 5.92 Å². The van der Waals surface area contributed by atoms with Crippen LogP contribution in [0.25, 0.3) is 0 Å². The largest absolute Gasteiger partial charge is 0.481 e. The van der Waals surface area contributed by atoms with Gasteiger partial charge in [0, 0.05) is 31.9 Å². The van der Waals surface area contributed by atoms with E-state index in [1.165, 1.54) is 0 Å². The Kier molecular flexibility index (Phi) is 6.05. The standard InChI is InChI=1S/C13H21N3O3/c1-3-7-16-8-6-14-12(13(16)19)15-9-10(2)4-5-11(17)18/h6,8,10H,3-5,7,9H2,1-2H3,(H,14,15)(H,17,18). The van der Waals surface area contributed by atoms with E-state index >= 15 is 0 Å². The fourth-order valence-electron chi connectivity index (χ4n) is 1.73. The molecule has 0 aromatic carbocycles. The van der Waals surface area contributed by atoms with Crippen molar-refractivity contribution in [3.8, 4) is 0 Å². The number of aryl methyl sites for hydroxylation is 1. The number of hydrogen-bond donors (Lipinski definition) is 2. The molecule has 6 heteroatoms. The summed E-state index contributed by atoms with van der Waals surface area (Å²) in [6, 6.07) is 0. The van der Waals surface area contributed by atoms with Crippen LogP contribution in [-0.4, -0.2) is 27.2 Å². The Morgan fingerprint density at radius 1 is 1.58 bits per heavy atom. The smallest absolute Gasteiger partial charge is 0.303 e. The third kappa shape index (κ3) is 5.11. The molecule has 0 spiro atoms. The van der Waals surface area contributed by atoms with Gasteiger partial charge in [-0.25, -0.2) is 4.98 Å². The second kappa shape index (κ2) is 7.56. The molecule has 2 N–H and O–H groups in total. The molecule has 0 aliphatic carbocycles. The van der Waals surface area contributed by atoms with Gasteiger partial charge in [0.05, 0.1) is 0 Å². The quantitative estimate of drug-likeness (QED) is 0.746. The van der Waals surface area contributed by atoms with Crippen molar-refractivity contribution in [1.82, 2.24) is 9.55 Å². The Labute approximate surface area is 112 Å². The van der Waals surface area contributed by atoms with Gasteiger partial charge in [-0.2, -0.15) is 0 Å². The summed E-state index contributed by atoms with van der Waals surface area (Å²) in [5.74, 6) is -0.287. The average Bonchev–Trinajstić information content (AvgIpc) is 2.37. The molecule has 6 nitrogen and oxygen atoms in total. The van der Waals surface area contributed by atoms with E-state index < -0.39 is 5.97 Å². The first-order valence-electron chi connectivity index (χ1n) is 6.55. The van der Waals surface area contributed by atoms with Gasteiger partial charge in [0.2, 0.25) is 0 Å². The summed E-state index contributed by atoms with van der Waals surface area (Å²) in [4.78, 5) is 26.5. The number of aliphatic carboxylic acids is 1. The molecule has 19 heavy (non-hydrogen) atoms. The lowest BCUT2D eigenvalue weighted by Gasteiger charge is -2.12. The van der Waals surface area contributed by atoms with E-state index in [4.69, 9.17) is 5.11 Å². The van der Waals surface area contributed by atoms with E-state index in [0.29, 0.717) is 25.3 Å². The number of hydrogen-bond acceptors (Lipinski definition) is 4. The molecule has 1 aromatic rings. The zero-order valence-corrected chi connectivity index (χ0v) is 11.4. The molecule has 1 rings (SSSR count). The summed E-state index contributed by atoms with van der Waals surface area (Å²) >= 11 is 0. The molecule has 1 heterocycles. The van der Waals surface area contributed by atoms with Crippen LogP contribution in [0.15, 0.2) is 17.2 Å². The van der Waals surface area contributed by atoms with E-state index in [9.17, 15) is 9.59 Å². The van der Waals surface area contributed by atoms with Crippen molar-refractivity contribution in [2.75, 3.05) is 11.9 Å². The predicted molar refractivity (Wildman–Crippen MR) is 73.3 cm³/mol. The maximum Gasteiger partial charge on any atom is 0.303 e. The first-order valence-corrected chi connectivity index (χ1v) is 6.55. The fourth-order valence-corrected chi connectivity index (χ4v) is 1.73. The molecule has 0 amide bonds. The maximum atomic E-state index is 12.0. The molecule has 106 valence electrons. The first-order chi connectivity index (χ1) is 9.04. The highest BCUT2D eigenvalue weighted by molar-refractivity contribution is 5.66. The summed E-state index contributed by atoms with van der Waals surface area (Å²) < 4.78 is 1.62. The monoisotopic (exact) mass is 267 g/mol. The van der Waals surface area contributed by atoms with Crippen LogP contribution < -0.4 is 10.9 Å². The highest BCUT2D eigenvalue weighted by Gasteiger charge is 2.08. The van der Waals surface area contributed by atoms with Crippen LogP contribution in [0.4, 0.5) is 5.82 Å². The molecule has 0 radical (unpaired) electrons. The van der Waals surface area contributed by atoms with Gasteiger partial charge >= 0.3 is 5.97 Å². The van der Waals surface area contributed by atoms with E-state index in [2.05, 4.69) is 10.3 Å². The van der Waals surface area contributed by atoms with Crippen LogP contribution >= 0.6 is 0 Å². The van der Waals surface area contributed by atoms with Crippen LogP contribution in [0.5, 0.6) is 0 Å². The molecule has 0 fully saturated rings. The second-order valence-corrected chi connectivity index (χ2v) is 4.69. The third-order valence-corrected chi connectivity index (χ3v) is 2.85. The molecule has 0 saturated heterocycles. The second-order valence-electron chi connectivity index (χ2n) is 4.69. The minimum Gasteiger partial charge on any atom is -0.481 e. The van der Waals surface area contributed by atoms with Gasteiger partial charge < -0.3 is 15.0 Å². The molecule has 0 saturated carbocycles. The Hall–Kier alpha value is -1.85. The molecule has 0 bridgehead atoms. The SMILES string of the molecule is CCCn1ccnc(NCC(C)CCC(=O)O)c1=O. The number of carboxylic acids is 1. The van der Waals surface area contributed by atoms with Crippen molar-refractivity contribution < 1.29 is 9.90 Å². The van der Waals surface area contributed by atoms with Crippen LogP contribution in [0.3, 0.4) is 0 Å². The van der Waals surface area contributed by atoms with Gasteiger partial charge in [-0.05, 0) is 18.8 Å². The normalized spacial score (nSPS) is 12.1. The number of nitrogens with one attached hydrogen (secondary N) is 1. The fraction of sp³-hybridized carbons (Fsp3) is 0.615. The molecule has 1 unspecified atom stereocenters. The van der Waals surface area contributed by atoms with Crippen LogP contribution in [-0.2, 0) is 11.3 Å². The van der Waals surface area contributed by atoms with E-state index in [0.717, 1.165) is 6.42 Å². The summed E-state index contributed by atoms with van der Waals surface area (Å²) in [6.45, 7) is 5.17. The third-order valence-electron chi connectivity index (χ3n) is 2.85. The maximum absolute atomic E-state index is 12.0. The number of rotatable bonds is 8. The van der Waals surface area contributed by atoms with Gasteiger partial charge in [0.25, 0.3) is 5.56 Å². The molecule has 1 aromatic heterocycles. The van der Waals surface area contributed by atoms with Gasteiger partial charge in [-0.1, -0.05) is 13.8 Å². The first kappa shape index (κ1) is 15.2. The summed E-state index contributed by atoms with van der Waals surface area (Å²) in [6.07, 6.45) is 4.88. The highest BCUT2D eigenvalue weighted by Crippen LogP contribution is 2.06. The Balaban J connectivity index is 2.55. The number of carbonyl (C=O) groups is 1. The number of nitrogens with zero attached hydrogens (tertiary/aromatic N) is 2. The highest BCUT2D eigenvalue weighted by atomic mass is 16.4. The Morgan fingerprint density at radius 3 is 2.95 bits per heavy atom. The molecular weight excluding hydrogens is 246 g/mol. The average molecular weight is 267 g/mol. The van der Waals surface area contributed by atoms with Crippen molar-refractivity contribution in [3.63, 3.8) is 0 Å². The van der Waals surface area contributed by atoms with E-state index in [-0.39, 0.29) is 17.9 Å². The molecular formula is C13H21N3O3. The summed E-state index contributed by atoms with van der Waals surface area (Å²) in [5.41, 5.74) is -0.130. The van der Waals surface area contributed by atoms with Gasteiger partial charge in [0.1, 0.15) is 0 Å².